The summed E-state index contributed by atoms with van der Waals surface area (Å²) in [6.45, 7) is 1.34. The van der Waals surface area contributed by atoms with E-state index < -0.39 is 0 Å². The van der Waals surface area contributed by atoms with Gasteiger partial charge in [-0.1, -0.05) is 6.07 Å². The maximum Gasteiger partial charge on any atom is 0.264 e. The number of rotatable bonds is 4. The number of carbonyl (C=O) groups is 1. The smallest absolute Gasteiger partial charge is 0.264 e. The topological polar surface area (TPSA) is 76.8 Å². The van der Waals surface area contributed by atoms with Crippen molar-refractivity contribution in [1.29, 1.82) is 0 Å². The van der Waals surface area contributed by atoms with E-state index in [0.717, 1.165) is 29.8 Å². The maximum absolute atomic E-state index is 12.6. The zero-order valence-corrected chi connectivity index (χ0v) is 13.8. The first kappa shape index (κ1) is 14.9. The minimum atomic E-state index is 0.0973. The van der Waals surface area contributed by atoms with Gasteiger partial charge >= 0.3 is 0 Å². The monoisotopic (exact) mass is 340 g/mol. The molecule has 0 N–H and O–H groups in total. The predicted octanol–water partition coefficient (Wildman–Crippen LogP) is 2.10. The largest absolute Gasteiger partial charge is 0.333 e. The van der Waals surface area contributed by atoms with Gasteiger partial charge in [0.15, 0.2) is 0 Å². The van der Waals surface area contributed by atoms with Crippen molar-refractivity contribution in [3.05, 3.63) is 46.9 Å². The summed E-state index contributed by atoms with van der Waals surface area (Å²) in [5, 5.41) is 14.6. The Hall–Kier alpha value is -2.61. The van der Waals surface area contributed by atoms with Gasteiger partial charge in [-0.3, -0.25) is 9.78 Å². The van der Waals surface area contributed by atoms with E-state index in [4.69, 9.17) is 0 Å². The van der Waals surface area contributed by atoms with Crippen LogP contribution in [0.1, 0.15) is 22.5 Å². The molecule has 0 unspecified atom stereocenters. The van der Waals surface area contributed by atoms with Gasteiger partial charge in [0.2, 0.25) is 5.82 Å². The van der Waals surface area contributed by atoms with Crippen LogP contribution in [0.2, 0.25) is 0 Å². The van der Waals surface area contributed by atoms with E-state index in [2.05, 4.69) is 20.4 Å². The summed E-state index contributed by atoms with van der Waals surface area (Å²) in [4.78, 5) is 21.0. The molecule has 1 aliphatic heterocycles. The van der Waals surface area contributed by atoms with Gasteiger partial charge in [-0.15, -0.1) is 21.5 Å². The lowest BCUT2D eigenvalue weighted by Gasteiger charge is -2.23. The van der Waals surface area contributed by atoms with Gasteiger partial charge in [0.05, 0.1) is 17.5 Å². The van der Waals surface area contributed by atoms with E-state index in [9.17, 15) is 4.79 Å². The number of thiophene rings is 1. The molecule has 1 fully saturated rings. The summed E-state index contributed by atoms with van der Waals surface area (Å²) in [6.07, 6.45) is 5.39. The second-order valence-corrected chi connectivity index (χ2v) is 6.63. The molecule has 1 atom stereocenters. The summed E-state index contributed by atoms with van der Waals surface area (Å²) in [7, 11) is 0. The van der Waals surface area contributed by atoms with Crippen LogP contribution in [0, 0.1) is 0 Å². The maximum atomic E-state index is 12.6. The van der Waals surface area contributed by atoms with Gasteiger partial charge in [0.25, 0.3) is 5.91 Å². The average Bonchev–Trinajstić information content (AvgIpc) is 3.37. The Kier molecular flexibility index (Phi) is 4.04. The van der Waals surface area contributed by atoms with Crippen LogP contribution in [0.25, 0.3) is 11.4 Å². The zero-order valence-electron chi connectivity index (χ0n) is 12.9. The number of hydrogen-bond donors (Lipinski definition) is 0. The molecule has 4 heterocycles. The molecule has 1 saturated heterocycles. The molecule has 4 rings (SSSR count). The van der Waals surface area contributed by atoms with Gasteiger partial charge in [-0.05, 0) is 41.6 Å². The first-order valence-corrected chi connectivity index (χ1v) is 8.72. The molecule has 8 heteroatoms. The highest BCUT2D eigenvalue weighted by Crippen LogP contribution is 2.23. The Labute approximate surface area is 142 Å². The first-order valence-electron chi connectivity index (χ1n) is 7.84. The van der Waals surface area contributed by atoms with Crippen molar-refractivity contribution in [2.75, 3.05) is 6.54 Å². The average molecular weight is 340 g/mol. The number of aromatic nitrogens is 5. The van der Waals surface area contributed by atoms with Crippen molar-refractivity contribution in [2.24, 2.45) is 0 Å². The van der Waals surface area contributed by atoms with Crippen molar-refractivity contribution in [2.45, 2.75) is 25.4 Å². The van der Waals surface area contributed by atoms with E-state index in [1.807, 2.05) is 34.5 Å². The lowest BCUT2D eigenvalue weighted by molar-refractivity contribution is 0.0723. The summed E-state index contributed by atoms with van der Waals surface area (Å²) < 4.78 is 0. The summed E-state index contributed by atoms with van der Waals surface area (Å²) in [5.41, 5.74) is 0.835. The van der Waals surface area contributed by atoms with Crippen molar-refractivity contribution in [1.82, 2.24) is 30.1 Å². The van der Waals surface area contributed by atoms with Crippen LogP contribution >= 0.6 is 11.3 Å². The molecule has 7 nitrogen and oxygen atoms in total. The molecular formula is C16H16N6OS. The van der Waals surface area contributed by atoms with Gasteiger partial charge in [0, 0.05) is 24.5 Å². The predicted molar refractivity (Wildman–Crippen MR) is 89.4 cm³/mol. The number of likely N-dealkylation sites (tertiary alicyclic amines) is 1. The minimum Gasteiger partial charge on any atom is -0.333 e. The highest BCUT2D eigenvalue weighted by atomic mass is 32.1. The number of amides is 1. The molecule has 0 aliphatic carbocycles. The molecule has 3 aromatic rings. The summed E-state index contributed by atoms with van der Waals surface area (Å²) >= 11 is 1.48. The van der Waals surface area contributed by atoms with Crippen molar-refractivity contribution in [3.8, 4) is 11.4 Å². The van der Waals surface area contributed by atoms with Crippen molar-refractivity contribution in [3.63, 3.8) is 0 Å². The number of pyridine rings is 1. The van der Waals surface area contributed by atoms with Crippen LogP contribution in [0.3, 0.4) is 0 Å². The molecule has 1 aliphatic rings. The fourth-order valence-corrected chi connectivity index (χ4v) is 3.63. The molecule has 1 amide bonds. The number of tetrazole rings is 1. The zero-order chi connectivity index (χ0) is 16.4. The first-order chi connectivity index (χ1) is 11.8. The second kappa shape index (κ2) is 6.48. The molecule has 0 radical (unpaired) electrons. The van der Waals surface area contributed by atoms with E-state index in [1.165, 1.54) is 11.3 Å². The third-order valence-electron chi connectivity index (χ3n) is 4.12. The molecule has 0 aromatic carbocycles. The van der Waals surface area contributed by atoms with Gasteiger partial charge in [-0.2, -0.15) is 4.80 Å². The van der Waals surface area contributed by atoms with Gasteiger partial charge in [0.1, 0.15) is 0 Å². The lowest BCUT2D eigenvalue weighted by Crippen LogP contribution is -2.38. The van der Waals surface area contributed by atoms with E-state index in [0.29, 0.717) is 12.4 Å². The molecule has 24 heavy (non-hydrogen) atoms. The molecule has 3 aromatic heterocycles. The number of hydrogen-bond acceptors (Lipinski definition) is 6. The summed E-state index contributed by atoms with van der Waals surface area (Å²) in [5.74, 6) is 0.650. The third kappa shape index (κ3) is 2.92. The molecular weight excluding hydrogens is 324 g/mol. The Morgan fingerprint density at radius 3 is 3.08 bits per heavy atom. The Morgan fingerprint density at radius 1 is 1.33 bits per heavy atom. The number of nitrogens with zero attached hydrogens (tertiary/aromatic N) is 6. The van der Waals surface area contributed by atoms with Gasteiger partial charge < -0.3 is 4.90 Å². The Morgan fingerprint density at radius 2 is 2.29 bits per heavy atom. The number of carbonyl (C=O) groups excluding carboxylic acids is 1. The van der Waals surface area contributed by atoms with Crippen LogP contribution < -0.4 is 0 Å². The molecule has 0 spiro atoms. The third-order valence-corrected chi connectivity index (χ3v) is 4.97. The van der Waals surface area contributed by atoms with Crippen LogP contribution in [-0.2, 0) is 6.54 Å². The Balaban J connectivity index is 1.49. The SMILES string of the molecule is O=C(c1cccs1)N1CCC[C@H]1Cn1nnc(-c2cccnc2)n1. The minimum absolute atomic E-state index is 0.0973. The molecule has 0 bridgehead atoms. The van der Waals surface area contributed by atoms with Crippen LogP contribution in [0.5, 0.6) is 0 Å². The fraction of sp³-hybridized carbons (Fsp3) is 0.312. The summed E-state index contributed by atoms with van der Waals surface area (Å²) in [6, 6.07) is 7.62. The van der Waals surface area contributed by atoms with Crippen LogP contribution in [-0.4, -0.2) is 48.6 Å². The quantitative estimate of drug-likeness (QED) is 0.727. The highest BCUT2D eigenvalue weighted by Gasteiger charge is 2.30. The van der Waals surface area contributed by atoms with Gasteiger partial charge in [-0.25, -0.2) is 0 Å². The van der Waals surface area contributed by atoms with E-state index >= 15 is 0 Å². The van der Waals surface area contributed by atoms with Crippen molar-refractivity contribution < 1.29 is 4.79 Å². The van der Waals surface area contributed by atoms with Crippen molar-refractivity contribution >= 4 is 17.2 Å². The fourth-order valence-electron chi connectivity index (χ4n) is 2.95. The van der Waals surface area contributed by atoms with E-state index in [-0.39, 0.29) is 11.9 Å². The lowest BCUT2D eigenvalue weighted by atomic mass is 10.2. The van der Waals surface area contributed by atoms with Crippen LogP contribution in [0.4, 0.5) is 0 Å². The standard InChI is InChI=1S/C16H16N6OS/c23-16(14-6-3-9-24-14)21-8-2-5-13(21)11-22-19-15(18-20-22)12-4-1-7-17-10-12/h1,3-4,6-7,9-10,13H,2,5,8,11H2/t13-/m0/s1. The second-order valence-electron chi connectivity index (χ2n) is 5.68. The molecule has 0 saturated carbocycles. The van der Waals surface area contributed by atoms with E-state index in [1.54, 1.807) is 17.2 Å². The molecule has 122 valence electrons. The Bertz CT molecular complexity index is 816. The normalized spacial score (nSPS) is 17.3. The van der Waals surface area contributed by atoms with Crippen LogP contribution in [0.15, 0.2) is 42.0 Å². The highest BCUT2D eigenvalue weighted by molar-refractivity contribution is 7.12.